The van der Waals surface area contributed by atoms with Crippen LogP contribution in [-0.4, -0.2) is 28.8 Å². The Morgan fingerprint density at radius 2 is 1.33 bits per heavy atom. The second kappa shape index (κ2) is 29.9. The van der Waals surface area contributed by atoms with Gasteiger partial charge in [0.05, 0.1) is 5.92 Å². The first-order valence-corrected chi connectivity index (χ1v) is 14.1. The summed E-state index contributed by atoms with van der Waals surface area (Å²) in [5.41, 5.74) is 8.44. The quantitative estimate of drug-likeness (QED) is 0.173. The third-order valence-electron chi connectivity index (χ3n) is 6.44. The third-order valence-corrected chi connectivity index (χ3v) is 6.44. The fraction of sp³-hybridized carbons (Fsp3) is 0.618. The minimum absolute atomic E-state index is 0. The normalized spacial score (nSPS) is 14.5. The van der Waals surface area contributed by atoms with Crippen molar-refractivity contribution in [3.05, 3.63) is 70.4 Å². The predicted octanol–water partition coefficient (Wildman–Crippen LogP) is 9.48. The van der Waals surface area contributed by atoms with E-state index in [2.05, 4.69) is 85.4 Å². The average molecular weight is 771 g/mol. The van der Waals surface area contributed by atoms with Crippen molar-refractivity contribution in [1.82, 2.24) is 0 Å². The van der Waals surface area contributed by atoms with Gasteiger partial charge in [0.25, 0.3) is 0 Å². The summed E-state index contributed by atoms with van der Waals surface area (Å²) < 4.78 is 0. The van der Waals surface area contributed by atoms with Gasteiger partial charge in [-0.15, -0.1) is 0 Å². The van der Waals surface area contributed by atoms with Crippen LogP contribution in [0.15, 0.2) is 70.4 Å². The number of rotatable bonds is 14. The largest absolute Gasteiger partial charge is 0.481 e. The van der Waals surface area contributed by atoms with E-state index in [0.717, 1.165) is 71.3 Å². The topological polar surface area (TPSA) is 89.0 Å². The van der Waals surface area contributed by atoms with Gasteiger partial charge < -0.3 is 15.7 Å². The molecule has 0 aliphatic heterocycles. The van der Waals surface area contributed by atoms with Gasteiger partial charge in [0, 0.05) is 38.2 Å². The van der Waals surface area contributed by atoms with Gasteiger partial charge in [0.1, 0.15) is 0 Å². The summed E-state index contributed by atoms with van der Waals surface area (Å²) in [5, 5.41) is 16.1. The van der Waals surface area contributed by atoms with Crippen molar-refractivity contribution in [3.8, 4) is 0 Å². The summed E-state index contributed by atoms with van der Waals surface area (Å²) in [5.74, 6) is -0.790. The van der Waals surface area contributed by atoms with Gasteiger partial charge in [-0.05, 0) is 119 Å². The number of hydrogen-bond acceptors (Lipinski definition) is 2. The first-order chi connectivity index (χ1) is 17.5. The zero-order chi connectivity index (χ0) is 28.6. The van der Waals surface area contributed by atoms with Crippen molar-refractivity contribution in [2.75, 3.05) is 7.11 Å². The standard InChI is InChI=1S/C18H28O2.C15H26.CH4O.H2O.U/c1-14(2)7-4-8-15(3)9-5-10-16-11-6-12-17(13-16)18(19)20;1-6-14(4)10-8-12-15(5)11-7-9-13(2)3;1-2;;/h7,9,11,17H,4-6,8,10,12-13H2,1-3H3,(H,19,20);9,12H,4,6-8,10-11H2,1-3,5H3;2H,1H3;1H2;/b15-9+;15-12+;;;. The molecule has 0 aromatic rings. The first-order valence-electron chi connectivity index (χ1n) is 14.1. The number of carbonyl (C=O) groups is 1. The molecule has 0 saturated heterocycles. The van der Waals surface area contributed by atoms with Crippen molar-refractivity contribution in [2.24, 2.45) is 5.92 Å². The van der Waals surface area contributed by atoms with Crippen LogP contribution in [0.2, 0.25) is 0 Å². The van der Waals surface area contributed by atoms with Crippen molar-refractivity contribution in [3.63, 3.8) is 0 Å². The Morgan fingerprint density at radius 1 is 0.872 bits per heavy atom. The van der Waals surface area contributed by atoms with Gasteiger partial charge in [0.2, 0.25) is 0 Å². The molecular formula is C34H60O4U. The van der Waals surface area contributed by atoms with Crippen molar-refractivity contribution < 1.29 is 51.6 Å². The average Bonchev–Trinajstić information content (AvgIpc) is 2.85. The van der Waals surface area contributed by atoms with Gasteiger partial charge in [-0.2, -0.15) is 0 Å². The molecule has 0 aromatic heterocycles. The summed E-state index contributed by atoms with van der Waals surface area (Å²) in [6.45, 7) is 19.2. The molecule has 39 heavy (non-hydrogen) atoms. The second-order valence-electron chi connectivity index (χ2n) is 10.6. The molecule has 1 aliphatic carbocycles. The fourth-order valence-corrected chi connectivity index (χ4v) is 3.99. The molecule has 0 amide bonds. The monoisotopic (exact) mass is 770 g/mol. The molecule has 1 rings (SSSR count). The number of aliphatic carboxylic acids is 1. The molecule has 1 unspecified atom stereocenters. The van der Waals surface area contributed by atoms with Gasteiger partial charge in [-0.3, -0.25) is 4.79 Å². The zero-order valence-electron chi connectivity index (χ0n) is 26.5. The van der Waals surface area contributed by atoms with Crippen LogP contribution in [-0.2, 0) is 4.79 Å². The minimum Gasteiger partial charge on any atom is -0.481 e. The Hall–Kier alpha value is -1.12. The maximum absolute atomic E-state index is 11.0. The van der Waals surface area contributed by atoms with Gasteiger partial charge in [0.15, 0.2) is 0 Å². The van der Waals surface area contributed by atoms with E-state index in [4.69, 9.17) is 10.2 Å². The molecule has 0 bridgehead atoms. The van der Waals surface area contributed by atoms with E-state index >= 15 is 0 Å². The van der Waals surface area contributed by atoms with E-state index in [1.807, 2.05) is 0 Å². The Balaban J connectivity index is -0.000000291. The van der Waals surface area contributed by atoms with Crippen LogP contribution in [0.25, 0.3) is 0 Å². The van der Waals surface area contributed by atoms with Crippen molar-refractivity contribution in [2.45, 2.75) is 126 Å². The molecule has 0 aromatic carbocycles. The van der Waals surface area contributed by atoms with Crippen molar-refractivity contribution in [1.29, 1.82) is 0 Å². The summed E-state index contributed by atoms with van der Waals surface area (Å²) in [6.07, 6.45) is 24.1. The SMILES string of the molecule is C=C(CC)CC/C=C(\C)CCC=C(C)C.CC(C)=CCC/C(C)=C/CCC1=CCCC(C(=O)O)C1.CO.O.[U]. The smallest absolute Gasteiger partial charge is 0.306 e. The van der Waals surface area contributed by atoms with Gasteiger partial charge in [-0.25, -0.2) is 0 Å². The number of aliphatic hydroxyl groups excluding tert-OH is 1. The summed E-state index contributed by atoms with van der Waals surface area (Å²) in [4.78, 5) is 11.0. The van der Waals surface area contributed by atoms with E-state index in [1.165, 1.54) is 46.3 Å². The Kier molecular flexibility index (Phi) is 34.4. The summed E-state index contributed by atoms with van der Waals surface area (Å²) in [6, 6.07) is 0. The summed E-state index contributed by atoms with van der Waals surface area (Å²) >= 11 is 0. The molecule has 1 atom stereocenters. The second-order valence-corrected chi connectivity index (χ2v) is 10.6. The van der Waals surface area contributed by atoms with E-state index in [0.29, 0.717) is 0 Å². The number of hydrogen-bond donors (Lipinski definition) is 2. The zero-order valence-corrected chi connectivity index (χ0v) is 30.6. The van der Waals surface area contributed by atoms with E-state index in [9.17, 15) is 4.79 Å². The molecule has 0 heterocycles. The molecule has 1 aliphatic rings. The maximum Gasteiger partial charge on any atom is 0.306 e. The van der Waals surface area contributed by atoms with E-state index < -0.39 is 5.97 Å². The molecule has 0 spiro atoms. The Labute approximate surface area is 265 Å². The fourth-order valence-electron chi connectivity index (χ4n) is 3.99. The molecule has 0 radical (unpaired) electrons. The van der Waals surface area contributed by atoms with Gasteiger partial charge in [-0.1, -0.05) is 77.3 Å². The summed E-state index contributed by atoms with van der Waals surface area (Å²) in [7, 11) is 1.00. The van der Waals surface area contributed by atoms with Gasteiger partial charge >= 0.3 is 5.97 Å². The molecule has 4 nitrogen and oxygen atoms in total. The molecule has 0 saturated carbocycles. The molecule has 4 N–H and O–H groups in total. The van der Waals surface area contributed by atoms with Crippen LogP contribution in [0.4, 0.5) is 0 Å². The van der Waals surface area contributed by atoms with Crippen LogP contribution in [0.1, 0.15) is 126 Å². The maximum atomic E-state index is 11.0. The van der Waals surface area contributed by atoms with Crippen LogP contribution < -0.4 is 0 Å². The molecular weight excluding hydrogens is 710 g/mol. The van der Waals surface area contributed by atoms with Crippen LogP contribution in [0.3, 0.4) is 0 Å². The first kappa shape index (κ1) is 44.9. The number of allylic oxidation sites excluding steroid dienone is 11. The molecule has 0 fully saturated rings. The van der Waals surface area contributed by atoms with Crippen LogP contribution >= 0.6 is 0 Å². The van der Waals surface area contributed by atoms with E-state index in [1.54, 1.807) is 0 Å². The number of carboxylic acid groups (broad SMARTS) is 1. The van der Waals surface area contributed by atoms with Crippen LogP contribution in [0, 0.1) is 37.0 Å². The Morgan fingerprint density at radius 3 is 1.77 bits per heavy atom. The number of aliphatic hydroxyl groups is 1. The molecule has 224 valence electrons. The van der Waals surface area contributed by atoms with Crippen LogP contribution in [0.5, 0.6) is 0 Å². The number of carboxylic acids is 1. The van der Waals surface area contributed by atoms with Crippen molar-refractivity contribution >= 4 is 5.97 Å². The predicted molar refractivity (Wildman–Crippen MR) is 168 cm³/mol. The third kappa shape index (κ3) is 29.7. The molecule has 5 heteroatoms. The Bertz CT molecular complexity index is 792. The van der Waals surface area contributed by atoms with E-state index in [-0.39, 0.29) is 42.5 Å². The minimum atomic E-state index is -0.635.